The number of hydrogen-bond donors (Lipinski definition) is 1. The van der Waals surface area contributed by atoms with Gasteiger partial charge in [0.2, 0.25) is 11.0 Å². The number of aromatic nitrogens is 1. The lowest BCUT2D eigenvalue weighted by molar-refractivity contribution is -0.141. The van der Waals surface area contributed by atoms with Gasteiger partial charge in [0.25, 0.3) is 0 Å². The maximum Gasteiger partial charge on any atom is 0.328 e. The van der Waals surface area contributed by atoms with Gasteiger partial charge in [-0.15, -0.1) is 10.2 Å². The first-order valence-electron chi connectivity index (χ1n) is 10.0. The van der Waals surface area contributed by atoms with E-state index < -0.39 is 12.0 Å². The first-order valence-corrected chi connectivity index (χ1v) is 11.6. The summed E-state index contributed by atoms with van der Waals surface area (Å²) in [5.74, 6) is -0.749. The third-order valence-corrected chi connectivity index (χ3v) is 6.38. The van der Waals surface area contributed by atoms with Crippen LogP contribution in [-0.2, 0) is 14.3 Å². The number of nitrogens with one attached hydrogen (secondary N) is 1. The maximum absolute atomic E-state index is 12.1. The summed E-state index contributed by atoms with van der Waals surface area (Å²) in [5, 5.41) is 21.4. The fourth-order valence-corrected chi connectivity index (χ4v) is 4.34. The van der Waals surface area contributed by atoms with E-state index >= 15 is 0 Å². The van der Waals surface area contributed by atoms with Gasteiger partial charge in [-0.2, -0.15) is 5.26 Å². The van der Waals surface area contributed by atoms with Crippen molar-refractivity contribution in [3.8, 4) is 6.07 Å². The second-order valence-electron chi connectivity index (χ2n) is 7.11. The molecule has 3 rings (SSSR count). The minimum atomic E-state index is -0.641. The zero-order valence-electron chi connectivity index (χ0n) is 18.5. The molecule has 0 aliphatic carbocycles. The molecule has 176 valence electrons. The number of halogens is 2. The van der Waals surface area contributed by atoms with Crippen molar-refractivity contribution in [1.29, 1.82) is 5.26 Å². The molecule has 1 aromatic heterocycles. The summed E-state index contributed by atoms with van der Waals surface area (Å²) in [5.41, 5.74) is 2.04. The summed E-state index contributed by atoms with van der Waals surface area (Å²) in [4.78, 5) is 30.0. The maximum atomic E-state index is 12.1. The number of benzene rings is 2. The van der Waals surface area contributed by atoms with Crippen LogP contribution < -0.4 is 10.2 Å². The normalized spacial score (nSPS) is 11.9. The Morgan fingerprint density at radius 3 is 2.68 bits per heavy atom. The number of azo groups is 1. The molecule has 3 aromatic rings. The average molecular weight is 519 g/mol. The van der Waals surface area contributed by atoms with E-state index in [-0.39, 0.29) is 12.3 Å². The minimum absolute atomic E-state index is 0.198. The SMILES string of the molecule is COC(=O)C(C)N(CCC#N)c1ccc(N=Nc2nc3cc(Cl)c(Cl)cc3s2)c(NC(C)=O)c1. The summed E-state index contributed by atoms with van der Waals surface area (Å²) in [7, 11) is 1.30. The van der Waals surface area contributed by atoms with E-state index in [4.69, 9.17) is 33.2 Å². The van der Waals surface area contributed by atoms with Gasteiger partial charge >= 0.3 is 5.97 Å². The van der Waals surface area contributed by atoms with Gasteiger partial charge < -0.3 is 15.0 Å². The van der Waals surface area contributed by atoms with Crippen LogP contribution in [0.3, 0.4) is 0 Å². The number of rotatable bonds is 8. The van der Waals surface area contributed by atoms with Crippen LogP contribution in [0.1, 0.15) is 20.3 Å². The lowest BCUT2D eigenvalue weighted by atomic mass is 10.1. The van der Waals surface area contributed by atoms with Gasteiger partial charge in [0.15, 0.2) is 0 Å². The predicted octanol–water partition coefficient (Wildman–Crippen LogP) is 6.26. The molecule has 1 amide bonds. The first-order chi connectivity index (χ1) is 16.2. The van der Waals surface area contributed by atoms with Crippen LogP contribution in [0.2, 0.25) is 10.0 Å². The molecule has 0 saturated heterocycles. The van der Waals surface area contributed by atoms with Gasteiger partial charge in [0.05, 0.1) is 45.5 Å². The number of nitriles is 1. The number of amides is 1. The van der Waals surface area contributed by atoms with Gasteiger partial charge in [-0.3, -0.25) is 4.79 Å². The van der Waals surface area contributed by atoms with Crippen LogP contribution in [0.25, 0.3) is 10.2 Å². The molecule has 0 radical (unpaired) electrons. The number of fused-ring (bicyclic) bond motifs is 1. The van der Waals surface area contributed by atoms with Crippen molar-refractivity contribution in [2.45, 2.75) is 26.3 Å². The molecule has 12 heteroatoms. The fraction of sp³-hybridized carbons (Fsp3) is 0.273. The van der Waals surface area contributed by atoms with E-state index in [1.165, 1.54) is 25.4 Å². The van der Waals surface area contributed by atoms with E-state index in [0.717, 1.165) is 4.70 Å². The highest BCUT2D eigenvalue weighted by Gasteiger charge is 2.23. The highest BCUT2D eigenvalue weighted by molar-refractivity contribution is 7.22. The standard InChI is InChI=1S/C22H20Cl2N6O3S/c1-12(21(32)33-3)30(8-4-7-25)14-5-6-17(18(9-14)26-13(2)31)28-29-22-27-19-10-15(23)16(24)11-20(19)34-22/h5-6,9-12H,4,8H2,1-3H3,(H,26,31). The number of esters is 1. The summed E-state index contributed by atoms with van der Waals surface area (Å²) >= 11 is 13.4. The van der Waals surface area contributed by atoms with E-state index in [9.17, 15) is 9.59 Å². The molecule has 1 atom stereocenters. The van der Waals surface area contributed by atoms with Crippen molar-refractivity contribution in [1.82, 2.24) is 4.98 Å². The Morgan fingerprint density at radius 1 is 1.26 bits per heavy atom. The molecule has 1 heterocycles. The second-order valence-corrected chi connectivity index (χ2v) is 8.94. The van der Waals surface area contributed by atoms with E-state index in [0.29, 0.717) is 44.3 Å². The number of methoxy groups -OCH3 is 1. The third-order valence-electron chi connectivity index (χ3n) is 4.76. The summed E-state index contributed by atoms with van der Waals surface area (Å²) in [6, 6.07) is 9.87. The van der Waals surface area contributed by atoms with Crippen LogP contribution in [-0.4, -0.2) is 36.6 Å². The van der Waals surface area contributed by atoms with Crippen LogP contribution in [0, 0.1) is 11.3 Å². The lowest BCUT2D eigenvalue weighted by Crippen LogP contribution is -2.40. The van der Waals surface area contributed by atoms with Crippen molar-refractivity contribution in [2.24, 2.45) is 10.2 Å². The molecule has 0 fully saturated rings. The average Bonchev–Trinajstić information content (AvgIpc) is 3.19. The van der Waals surface area contributed by atoms with Crippen molar-refractivity contribution in [3.05, 3.63) is 40.4 Å². The van der Waals surface area contributed by atoms with Crippen molar-refractivity contribution >= 4 is 78.8 Å². The minimum Gasteiger partial charge on any atom is -0.467 e. The molecule has 1 N–H and O–H groups in total. The summed E-state index contributed by atoms with van der Waals surface area (Å²) in [6.45, 7) is 3.35. The Morgan fingerprint density at radius 2 is 2.00 bits per heavy atom. The number of carbonyl (C=O) groups is 2. The van der Waals surface area contributed by atoms with Crippen LogP contribution in [0.4, 0.5) is 22.2 Å². The van der Waals surface area contributed by atoms with Gasteiger partial charge in [-0.1, -0.05) is 34.5 Å². The molecule has 9 nitrogen and oxygen atoms in total. The third kappa shape index (κ3) is 5.99. The molecule has 34 heavy (non-hydrogen) atoms. The van der Waals surface area contributed by atoms with Gasteiger partial charge in [-0.25, -0.2) is 9.78 Å². The number of thiazole rings is 1. The molecule has 0 saturated carbocycles. The smallest absolute Gasteiger partial charge is 0.328 e. The summed E-state index contributed by atoms with van der Waals surface area (Å²) in [6.07, 6.45) is 0.198. The van der Waals surface area contributed by atoms with Crippen molar-refractivity contribution < 1.29 is 14.3 Å². The monoisotopic (exact) mass is 518 g/mol. The lowest BCUT2D eigenvalue weighted by Gasteiger charge is -2.29. The number of hydrogen-bond acceptors (Lipinski definition) is 9. The zero-order chi connectivity index (χ0) is 24.8. The molecule has 0 bridgehead atoms. The van der Waals surface area contributed by atoms with Crippen molar-refractivity contribution in [3.63, 3.8) is 0 Å². The molecular weight excluding hydrogens is 499 g/mol. The van der Waals surface area contributed by atoms with Gasteiger partial charge in [0, 0.05) is 19.2 Å². The summed E-state index contributed by atoms with van der Waals surface area (Å²) < 4.78 is 5.66. The number of anilines is 2. The highest BCUT2D eigenvalue weighted by atomic mass is 35.5. The molecule has 2 aromatic carbocycles. The Kier molecular flexibility index (Phi) is 8.39. The van der Waals surface area contributed by atoms with E-state index in [1.807, 2.05) is 0 Å². The predicted molar refractivity (Wildman–Crippen MR) is 134 cm³/mol. The van der Waals surface area contributed by atoms with E-state index in [2.05, 4.69) is 26.6 Å². The van der Waals surface area contributed by atoms with Crippen LogP contribution in [0.15, 0.2) is 40.6 Å². The van der Waals surface area contributed by atoms with Crippen molar-refractivity contribution in [2.75, 3.05) is 23.9 Å². The van der Waals surface area contributed by atoms with E-state index in [1.54, 1.807) is 42.2 Å². The quantitative estimate of drug-likeness (QED) is 0.277. The van der Waals surface area contributed by atoms with Crippen LogP contribution in [0.5, 0.6) is 0 Å². The zero-order valence-corrected chi connectivity index (χ0v) is 20.8. The first kappa shape index (κ1) is 25.4. The molecular formula is C22H20Cl2N6O3S. The molecule has 0 spiro atoms. The molecule has 0 aliphatic heterocycles. The van der Waals surface area contributed by atoms with Gasteiger partial charge in [-0.05, 0) is 37.3 Å². The molecule has 1 unspecified atom stereocenters. The number of carbonyl (C=O) groups excluding carboxylic acids is 2. The largest absolute Gasteiger partial charge is 0.467 e. The highest BCUT2D eigenvalue weighted by Crippen LogP contribution is 2.36. The fourth-order valence-electron chi connectivity index (χ4n) is 3.15. The topological polar surface area (TPSA) is 120 Å². The Labute approximate surface area is 210 Å². The Bertz CT molecular complexity index is 1260. The number of ether oxygens (including phenoxy) is 1. The Balaban J connectivity index is 1.97. The van der Waals surface area contributed by atoms with Crippen LogP contribution >= 0.6 is 34.5 Å². The Hall–Kier alpha value is -3.26. The second kappa shape index (κ2) is 11.2. The number of nitrogens with zero attached hydrogens (tertiary/aromatic N) is 5. The van der Waals surface area contributed by atoms with Gasteiger partial charge in [0.1, 0.15) is 11.7 Å². The molecule has 0 aliphatic rings.